The molecule has 21 heavy (non-hydrogen) atoms. The Bertz CT molecular complexity index is 592. The minimum absolute atomic E-state index is 0.320. The van der Waals surface area contributed by atoms with Crippen molar-refractivity contribution < 1.29 is 13.2 Å². The second-order valence-electron chi connectivity index (χ2n) is 4.53. The fraction of sp³-hybridized carbons (Fsp3) is 0.188. The van der Waals surface area contributed by atoms with Crippen LogP contribution in [0, 0.1) is 0 Å². The molecule has 0 spiro atoms. The molecule has 0 atom stereocenters. The van der Waals surface area contributed by atoms with Crippen molar-refractivity contribution in [3.8, 4) is 0 Å². The van der Waals surface area contributed by atoms with Gasteiger partial charge in [-0.2, -0.15) is 18.3 Å². The molecule has 0 aliphatic carbocycles. The molecule has 2 aromatic rings. The fourth-order valence-electron chi connectivity index (χ4n) is 1.83. The highest BCUT2D eigenvalue weighted by atomic mass is 19.4. The fourth-order valence-corrected chi connectivity index (χ4v) is 1.83. The van der Waals surface area contributed by atoms with Crippen molar-refractivity contribution >= 4 is 11.9 Å². The van der Waals surface area contributed by atoms with E-state index in [1.165, 1.54) is 11.6 Å². The van der Waals surface area contributed by atoms with Gasteiger partial charge in [-0.3, -0.25) is 5.43 Å². The lowest BCUT2D eigenvalue weighted by atomic mass is 10.1. The van der Waals surface area contributed by atoms with Crippen LogP contribution in [0.1, 0.15) is 17.5 Å². The topological polar surface area (TPSA) is 24.4 Å². The summed E-state index contributed by atoms with van der Waals surface area (Å²) in [6, 6.07) is 14.9. The molecule has 0 fully saturated rings. The number of halogens is 3. The van der Waals surface area contributed by atoms with Gasteiger partial charge >= 0.3 is 6.18 Å². The molecular formula is C16H15F3N2. The Morgan fingerprint density at radius 1 is 1.00 bits per heavy atom. The number of nitrogens with one attached hydrogen (secondary N) is 1. The molecule has 0 aliphatic heterocycles. The van der Waals surface area contributed by atoms with Crippen molar-refractivity contribution in [2.75, 3.05) is 5.43 Å². The van der Waals surface area contributed by atoms with Crippen LogP contribution in [0.25, 0.3) is 0 Å². The van der Waals surface area contributed by atoms with Crippen LogP contribution in [0.4, 0.5) is 18.9 Å². The van der Waals surface area contributed by atoms with Crippen LogP contribution in [0.3, 0.4) is 0 Å². The first-order valence-electron chi connectivity index (χ1n) is 6.54. The molecule has 1 N–H and O–H groups in total. The number of anilines is 1. The molecule has 2 nitrogen and oxygen atoms in total. The zero-order valence-electron chi connectivity index (χ0n) is 11.3. The first-order chi connectivity index (χ1) is 10.1. The van der Waals surface area contributed by atoms with Crippen LogP contribution in [0.2, 0.25) is 0 Å². The highest BCUT2D eigenvalue weighted by molar-refractivity contribution is 5.60. The summed E-state index contributed by atoms with van der Waals surface area (Å²) in [4.78, 5) is 0. The molecule has 0 aromatic heterocycles. The standard InChI is InChI=1S/C16H15F3N2/c17-16(18,19)14-9-4-10-15(12-14)21-20-11-5-8-13-6-2-1-3-7-13/h1-4,6-7,9-12,21H,5,8H2. The van der Waals surface area contributed by atoms with Gasteiger partial charge in [0.2, 0.25) is 0 Å². The van der Waals surface area contributed by atoms with Gasteiger partial charge in [-0.05, 0) is 36.6 Å². The number of nitrogens with zero attached hydrogens (tertiary/aromatic N) is 1. The van der Waals surface area contributed by atoms with Crippen molar-refractivity contribution in [1.29, 1.82) is 0 Å². The van der Waals surface area contributed by atoms with Crippen molar-refractivity contribution in [3.05, 3.63) is 65.7 Å². The van der Waals surface area contributed by atoms with Crippen LogP contribution in [-0.4, -0.2) is 6.21 Å². The Balaban J connectivity index is 1.84. The summed E-state index contributed by atoms with van der Waals surface area (Å²) in [7, 11) is 0. The molecule has 0 saturated carbocycles. The Labute approximate surface area is 121 Å². The van der Waals surface area contributed by atoms with E-state index in [0.717, 1.165) is 25.0 Å². The van der Waals surface area contributed by atoms with Gasteiger partial charge in [-0.1, -0.05) is 36.4 Å². The van der Waals surface area contributed by atoms with Crippen LogP contribution in [0.15, 0.2) is 59.7 Å². The van der Waals surface area contributed by atoms with Gasteiger partial charge in [0.1, 0.15) is 0 Å². The van der Waals surface area contributed by atoms with Crippen molar-refractivity contribution in [2.45, 2.75) is 19.0 Å². The van der Waals surface area contributed by atoms with Gasteiger partial charge in [0.15, 0.2) is 0 Å². The Morgan fingerprint density at radius 3 is 2.48 bits per heavy atom. The minimum atomic E-state index is -4.34. The molecule has 2 aromatic carbocycles. The molecule has 0 aliphatic rings. The zero-order chi connectivity index (χ0) is 15.1. The van der Waals surface area contributed by atoms with E-state index < -0.39 is 11.7 Å². The summed E-state index contributed by atoms with van der Waals surface area (Å²) >= 11 is 0. The highest BCUT2D eigenvalue weighted by Crippen LogP contribution is 2.30. The quantitative estimate of drug-likeness (QED) is 0.625. The van der Waals surface area contributed by atoms with Crippen molar-refractivity contribution in [3.63, 3.8) is 0 Å². The first kappa shape index (κ1) is 15.1. The Morgan fingerprint density at radius 2 is 1.76 bits per heavy atom. The minimum Gasteiger partial charge on any atom is -0.279 e. The molecular weight excluding hydrogens is 277 g/mol. The number of hydrazone groups is 1. The molecule has 0 heterocycles. The van der Waals surface area contributed by atoms with Crippen LogP contribution in [-0.2, 0) is 12.6 Å². The molecule has 0 bridgehead atoms. The van der Waals surface area contributed by atoms with E-state index in [-0.39, 0.29) is 0 Å². The summed E-state index contributed by atoms with van der Waals surface area (Å²) in [5.41, 5.74) is 3.44. The third-order valence-electron chi connectivity index (χ3n) is 2.88. The molecule has 0 unspecified atom stereocenters. The molecule has 0 radical (unpaired) electrons. The van der Waals surface area contributed by atoms with Crippen LogP contribution >= 0.6 is 0 Å². The van der Waals surface area contributed by atoms with E-state index in [4.69, 9.17) is 0 Å². The van der Waals surface area contributed by atoms with E-state index >= 15 is 0 Å². The average Bonchev–Trinajstić information content (AvgIpc) is 2.47. The molecule has 5 heteroatoms. The number of rotatable bonds is 5. The monoisotopic (exact) mass is 292 g/mol. The third kappa shape index (κ3) is 4.95. The van der Waals surface area contributed by atoms with E-state index in [9.17, 15) is 13.2 Å². The van der Waals surface area contributed by atoms with Gasteiger partial charge in [0, 0.05) is 6.21 Å². The van der Waals surface area contributed by atoms with Crippen molar-refractivity contribution in [1.82, 2.24) is 0 Å². The summed E-state index contributed by atoms with van der Waals surface area (Å²) in [5.74, 6) is 0. The number of aryl methyl sites for hydroxylation is 1. The second kappa shape index (κ2) is 6.92. The van der Waals surface area contributed by atoms with E-state index in [0.29, 0.717) is 5.69 Å². The number of hydrogen-bond donors (Lipinski definition) is 1. The number of hydrogen-bond acceptors (Lipinski definition) is 2. The summed E-state index contributed by atoms with van der Waals surface area (Å²) in [5, 5.41) is 3.94. The maximum Gasteiger partial charge on any atom is 0.416 e. The lowest BCUT2D eigenvalue weighted by Crippen LogP contribution is -2.05. The van der Waals surface area contributed by atoms with Crippen LogP contribution < -0.4 is 5.43 Å². The SMILES string of the molecule is FC(F)(F)c1cccc(NN=CCCc2ccccc2)c1. The van der Waals surface area contributed by atoms with Gasteiger partial charge < -0.3 is 0 Å². The van der Waals surface area contributed by atoms with Crippen molar-refractivity contribution in [2.24, 2.45) is 5.10 Å². The summed E-state index contributed by atoms with van der Waals surface area (Å²) < 4.78 is 37.6. The third-order valence-corrected chi connectivity index (χ3v) is 2.88. The van der Waals surface area contributed by atoms with Crippen LogP contribution in [0.5, 0.6) is 0 Å². The maximum atomic E-state index is 12.5. The molecule has 0 saturated heterocycles. The number of benzene rings is 2. The molecule has 2 rings (SSSR count). The normalized spacial score (nSPS) is 11.8. The van der Waals surface area contributed by atoms with Gasteiger partial charge in [0.25, 0.3) is 0 Å². The van der Waals surface area contributed by atoms with Gasteiger partial charge in [-0.25, -0.2) is 0 Å². The highest BCUT2D eigenvalue weighted by Gasteiger charge is 2.30. The van der Waals surface area contributed by atoms with E-state index in [2.05, 4.69) is 10.5 Å². The first-order valence-corrected chi connectivity index (χ1v) is 6.54. The maximum absolute atomic E-state index is 12.5. The predicted molar refractivity (Wildman–Crippen MR) is 78.3 cm³/mol. The summed E-state index contributed by atoms with van der Waals surface area (Å²) in [6.07, 6.45) is -1.12. The largest absolute Gasteiger partial charge is 0.416 e. The summed E-state index contributed by atoms with van der Waals surface area (Å²) in [6.45, 7) is 0. The average molecular weight is 292 g/mol. The van der Waals surface area contributed by atoms with E-state index in [1.807, 2.05) is 30.3 Å². The molecule has 0 amide bonds. The lowest BCUT2D eigenvalue weighted by Gasteiger charge is -2.07. The van der Waals surface area contributed by atoms with E-state index in [1.54, 1.807) is 12.3 Å². The number of alkyl halides is 3. The van der Waals surface area contributed by atoms with Gasteiger partial charge in [0.05, 0.1) is 11.3 Å². The Hall–Kier alpha value is -2.30. The molecule has 110 valence electrons. The lowest BCUT2D eigenvalue weighted by molar-refractivity contribution is -0.137. The predicted octanol–water partition coefficient (Wildman–Crippen LogP) is 4.74. The smallest absolute Gasteiger partial charge is 0.279 e. The zero-order valence-corrected chi connectivity index (χ0v) is 11.3. The van der Waals surface area contributed by atoms with Gasteiger partial charge in [-0.15, -0.1) is 0 Å². The Kier molecular flexibility index (Phi) is 4.98. The second-order valence-corrected chi connectivity index (χ2v) is 4.53.